The van der Waals surface area contributed by atoms with Crippen molar-refractivity contribution in [2.75, 3.05) is 0 Å². The van der Waals surface area contributed by atoms with Gasteiger partial charge in [-0.15, -0.1) is 0 Å². The van der Waals surface area contributed by atoms with Crippen molar-refractivity contribution in [2.24, 2.45) is 0 Å². The predicted octanol–water partition coefficient (Wildman–Crippen LogP) is 1.20. The highest BCUT2D eigenvalue weighted by atomic mass is 32.2. The van der Waals surface area contributed by atoms with E-state index in [-0.39, 0.29) is 5.12 Å². The van der Waals surface area contributed by atoms with Crippen LogP contribution in [0.5, 0.6) is 0 Å². The van der Waals surface area contributed by atoms with Gasteiger partial charge in [-0.25, -0.2) is 15.0 Å². The molecule has 0 aromatic carbocycles. The van der Waals surface area contributed by atoms with Gasteiger partial charge in [0.25, 0.3) is 0 Å². The third-order valence-electron chi connectivity index (χ3n) is 1.50. The molecule has 0 aliphatic rings. The lowest BCUT2D eigenvalue weighted by molar-refractivity contribution is 0.108. The standard InChI is InChI=1S/C9H6N4OS/c14-8(7-6-10-4-5-11-7)15-9-12-2-1-3-13-9/h1-6H. The van der Waals surface area contributed by atoms with Crippen molar-refractivity contribution in [2.45, 2.75) is 5.16 Å². The molecule has 0 amide bonds. The second kappa shape index (κ2) is 4.61. The Balaban J connectivity index is 2.12. The molecular formula is C9H6N4OS. The van der Waals surface area contributed by atoms with Crippen LogP contribution in [-0.2, 0) is 0 Å². The van der Waals surface area contributed by atoms with Gasteiger partial charge in [-0.2, -0.15) is 0 Å². The Morgan fingerprint density at radius 1 is 1.07 bits per heavy atom. The van der Waals surface area contributed by atoms with E-state index in [0.29, 0.717) is 10.9 Å². The van der Waals surface area contributed by atoms with Crippen LogP contribution in [0.4, 0.5) is 0 Å². The van der Waals surface area contributed by atoms with E-state index >= 15 is 0 Å². The first-order chi connectivity index (χ1) is 7.36. The lowest BCUT2D eigenvalue weighted by Gasteiger charge is -1.96. The second-order valence-corrected chi connectivity index (χ2v) is 3.45. The highest BCUT2D eigenvalue weighted by Gasteiger charge is 2.10. The zero-order valence-corrected chi connectivity index (χ0v) is 8.39. The smallest absolute Gasteiger partial charge is 0.247 e. The number of aromatic nitrogens is 4. The van der Waals surface area contributed by atoms with Crippen LogP contribution in [0.25, 0.3) is 0 Å². The first kappa shape index (κ1) is 9.72. The Labute approximate surface area is 90.0 Å². The maximum absolute atomic E-state index is 11.6. The molecule has 15 heavy (non-hydrogen) atoms. The first-order valence-electron chi connectivity index (χ1n) is 4.11. The third kappa shape index (κ3) is 2.57. The molecule has 0 aliphatic carbocycles. The number of hydrogen-bond donors (Lipinski definition) is 0. The topological polar surface area (TPSA) is 68.6 Å². The Morgan fingerprint density at radius 2 is 1.87 bits per heavy atom. The highest BCUT2D eigenvalue weighted by molar-refractivity contribution is 8.14. The molecule has 0 aliphatic heterocycles. The van der Waals surface area contributed by atoms with Crippen molar-refractivity contribution in [3.05, 3.63) is 42.7 Å². The van der Waals surface area contributed by atoms with E-state index in [4.69, 9.17) is 0 Å². The zero-order valence-electron chi connectivity index (χ0n) is 7.57. The van der Waals surface area contributed by atoms with Crippen molar-refractivity contribution in [1.82, 2.24) is 19.9 Å². The SMILES string of the molecule is O=C(Sc1ncccn1)c1cnccn1. The summed E-state index contributed by atoms with van der Waals surface area (Å²) in [6, 6.07) is 1.69. The fourth-order valence-electron chi connectivity index (χ4n) is 0.878. The number of thioether (sulfide) groups is 1. The van der Waals surface area contributed by atoms with Gasteiger partial charge >= 0.3 is 0 Å². The van der Waals surface area contributed by atoms with E-state index in [1.807, 2.05) is 0 Å². The van der Waals surface area contributed by atoms with Crippen LogP contribution in [0.15, 0.2) is 42.2 Å². The normalized spacial score (nSPS) is 9.87. The fourth-order valence-corrected chi connectivity index (χ4v) is 1.48. The average molecular weight is 218 g/mol. The summed E-state index contributed by atoms with van der Waals surface area (Å²) in [5.41, 5.74) is 0.301. The molecule has 0 radical (unpaired) electrons. The maximum Gasteiger partial charge on any atom is 0.247 e. The fraction of sp³-hybridized carbons (Fsp3) is 0. The molecule has 0 fully saturated rings. The largest absolute Gasteiger partial charge is 0.279 e. The zero-order chi connectivity index (χ0) is 10.5. The van der Waals surface area contributed by atoms with E-state index in [1.165, 1.54) is 18.6 Å². The summed E-state index contributed by atoms with van der Waals surface area (Å²) in [6.45, 7) is 0. The molecule has 2 rings (SSSR count). The van der Waals surface area contributed by atoms with Crippen LogP contribution in [-0.4, -0.2) is 25.1 Å². The predicted molar refractivity (Wildman–Crippen MR) is 54.3 cm³/mol. The second-order valence-electron chi connectivity index (χ2n) is 2.51. The molecule has 0 saturated carbocycles. The lowest BCUT2D eigenvalue weighted by atomic mass is 10.5. The molecule has 6 heteroatoms. The van der Waals surface area contributed by atoms with Gasteiger partial charge in [0.05, 0.1) is 6.20 Å². The number of carbonyl (C=O) groups is 1. The van der Waals surface area contributed by atoms with Crippen LogP contribution in [0.3, 0.4) is 0 Å². The minimum atomic E-state index is -0.214. The van der Waals surface area contributed by atoms with Gasteiger partial charge in [0.15, 0.2) is 5.16 Å². The van der Waals surface area contributed by atoms with Crippen LogP contribution in [0.2, 0.25) is 0 Å². The number of rotatable bonds is 2. The van der Waals surface area contributed by atoms with E-state index in [0.717, 1.165) is 11.8 Å². The molecule has 0 spiro atoms. The molecule has 0 saturated heterocycles. The Kier molecular flexibility index (Phi) is 2.99. The Morgan fingerprint density at radius 3 is 2.53 bits per heavy atom. The maximum atomic E-state index is 11.6. The van der Waals surface area contributed by atoms with E-state index < -0.39 is 0 Å². The molecule has 2 heterocycles. The summed E-state index contributed by atoms with van der Waals surface area (Å²) in [6.07, 6.45) is 7.57. The number of nitrogens with zero attached hydrogens (tertiary/aromatic N) is 4. The molecular weight excluding hydrogens is 212 g/mol. The molecule has 0 N–H and O–H groups in total. The average Bonchev–Trinajstić information content (AvgIpc) is 2.31. The quantitative estimate of drug-likeness (QED) is 0.557. The number of hydrogen-bond acceptors (Lipinski definition) is 6. The van der Waals surface area contributed by atoms with Crippen LogP contribution in [0.1, 0.15) is 10.5 Å². The summed E-state index contributed by atoms with van der Waals surface area (Å²) < 4.78 is 0. The van der Waals surface area contributed by atoms with Gasteiger partial charge < -0.3 is 0 Å². The van der Waals surface area contributed by atoms with Crippen LogP contribution < -0.4 is 0 Å². The highest BCUT2D eigenvalue weighted by Crippen LogP contribution is 2.16. The van der Waals surface area contributed by atoms with E-state index in [9.17, 15) is 4.79 Å². The molecule has 0 unspecified atom stereocenters. The third-order valence-corrected chi connectivity index (χ3v) is 2.29. The van der Waals surface area contributed by atoms with Gasteiger partial charge in [0.1, 0.15) is 5.69 Å². The summed E-state index contributed by atoms with van der Waals surface area (Å²) in [5.74, 6) is 0. The lowest BCUT2D eigenvalue weighted by Crippen LogP contribution is -1.98. The molecule has 2 aromatic heterocycles. The van der Waals surface area contributed by atoms with Crippen molar-refractivity contribution < 1.29 is 4.79 Å². The summed E-state index contributed by atoms with van der Waals surface area (Å²) in [4.78, 5) is 27.1. The van der Waals surface area contributed by atoms with Crippen molar-refractivity contribution in [3.8, 4) is 0 Å². The Hall–Kier alpha value is -1.82. The van der Waals surface area contributed by atoms with Gasteiger partial charge in [-0.3, -0.25) is 9.78 Å². The molecule has 0 atom stereocenters. The van der Waals surface area contributed by atoms with Crippen molar-refractivity contribution >= 4 is 16.9 Å². The van der Waals surface area contributed by atoms with Crippen molar-refractivity contribution in [1.29, 1.82) is 0 Å². The van der Waals surface area contributed by atoms with Crippen LogP contribution >= 0.6 is 11.8 Å². The van der Waals surface area contributed by atoms with Gasteiger partial charge in [-0.05, 0) is 17.8 Å². The van der Waals surface area contributed by atoms with Gasteiger partial charge in [0.2, 0.25) is 5.12 Å². The first-order valence-corrected chi connectivity index (χ1v) is 4.93. The van der Waals surface area contributed by atoms with E-state index in [2.05, 4.69) is 19.9 Å². The molecule has 2 aromatic rings. The minimum absolute atomic E-state index is 0.214. The van der Waals surface area contributed by atoms with Crippen LogP contribution in [0, 0.1) is 0 Å². The van der Waals surface area contributed by atoms with Gasteiger partial charge in [0, 0.05) is 24.8 Å². The summed E-state index contributed by atoms with van der Waals surface area (Å²) in [7, 11) is 0. The minimum Gasteiger partial charge on any atom is -0.279 e. The van der Waals surface area contributed by atoms with E-state index in [1.54, 1.807) is 18.5 Å². The monoisotopic (exact) mass is 218 g/mol. The van der Waals surface area contributed by atoms with Crippen molar-refractivity contribution in [3.63, 3.8) is 0 Å². The number of carbonyl (C=O) groups excluding carboxylic acids is 1. The Bertz CT molecular complexity index is 448. The molecule has 5 nitrogen and oxygen atoms in total. The van der Waals surface area contributed by atoms with Gasteiger partial charge in [-0.1, -0.05) is 0 Å². The molecule has 0 bridgehead atoms. The molecule has 74 valence electrons. The summed E-state index contributed by atoms with van der Waals surface area (Å²) >= 11 is 0.933. The summed E-state index contributed by atoms with van der Waals surface area (Å²) in [5, 5.41) is 0.197.